The van der Waals surface area contributed by atoms with Gasteiger partial charge in [-0.15, -0.1) is 0 Å². The third-order valence-electron chi connectivity index (χ3n) is 3.30. The summed E-state index contributed by atoms with van der Waals surface area (Å²) < 4.78 is 5.51. The van der Waals surface area contributed by atoms with Crippen molar-refractivity contribution in [2.45, 2.75) is 32.8 Å². The molecule has 0 aromatic carbocycles. The maximum absolute atomic E-state index is 12.1. The summed E-state index contributed by atoms with van der Waals surface area (Å²) in [5.74, 6) is 0.591. The first-order valence-electron chi connectivity index (χ1n) is 7.26. The number of rotatable bonds is 3. The van der Waals surface area contributed by atoms with E-state index in [1.165, 1.54) is 6.07 Å². The smallest absolute Gasteiger partial charge is 0.317 e. The number of hydrogen-bond donors (Lipinski definition) is 2. The lowest BCUT2D eigenvalue weighted by Gasteiger charge is -2.22. The highest BCUT2D eigenvalue weighted by Crippen LogP contribution is 2.05. The van der Waals surface area contributed by atoms with E-state index in [1.54, 1.807) is 11.8 Å². The van der Waals surface area contributed by atoms with Crippen molar-refractivity contribution in [3.05, 3.63) is 27.9 Å². The Kier molecular flexibility index (Phi) is 5.32. The molecule has 7 nitrogen and oxygen atoms in total. The molecular weight excluding hydrogens is 272 g/mol. The Morgan fingerprint density at radius 3 is 3.19 bits per heavy atom. The topological polar surface area (TPSA) is 87.3 Å². The van der Waals surface area contributed by atoms with Crippen LogP contribution in [0.5, 0.6) is 0 Å². The molecule has 0 bridgehead atoms. The monoisotopic (exact) mass is 294 g/mol. The van der Waals surface area contributed by atoms with Crippen molar-refractivity contribution >= 4 is 6.03 Å². The largest absolute Gasteiger partial charge is 0.377 e. The van der Waals surface area contributed by atoms with Crippen molar-refractivity contribution in [3.8, 4) is 0 Å². The molecule has 2 rings (SSSR count). The van der Waals surface area contributed by atoms with Crippen molar-refractivity contribution in [1.82, 2.24) is 20.2 Å². The Morgan fingerprint density at radius 1 is 1.62 bits per heavy atom. The maximum Gasteiger partial charge on any atom is 0.317 e. The van der Waals surface area contributed by atoms with Gasteiger partial charge in [-0.2, -0.15) is 0 Å². The fraction of sp³-hybridized carbons (Fsp3) is 0.643. The van der Waals surface area contributed by atoms with Crippen LogP contribution in [0.2, 0.25) is 0 Å². The lowest BCUT2D eigenvalue weighted by molar-refractivity contribution is 0.0710. The zero-order valence-corrected chi connectivity index (χ0v) is 12.5. The minimum atomic E-state index is -0.165. The van der Waals surface area contributed by atoms with E-state index in [4.69, 9.17) is 4.74 Å². The summed E-state index contributed by atoms with van der Waals surface area (Å²) in [7, 11) is 0. The van der Waals surface area contributed by atoms with Crippen LogP contribution in [-0.4, -0.2) is 53.2 Å². The second-order valence-corrected chi connectivity index (χ2v) is 5.30. The molecule has 2 N–H and O–H groups in total. The molecule has 1 aromatic heterocycles. The van der Waals surface area contributed by atoms with Gasteiger partial charge in [0.25, 0.3) is 5.56 Å². The zero-order valence-electron chi connectivity index (χ0n) is 12.5. The Balaban J connectivity index is 1.82. The van der Waals surface area contributed by atoms with Crippen LogP contribution in [0.15, 0.2) is 10.9 Å². The Labute approximate surface area is 123 Å². The van der Waals surface area contributed by atoms with Gasteiger partial charge in [-0.05, 0) is 20.3 Å². The van der Waals surface area contributed by atoms with Crippen LogP contribution >= 0.6 is 0 Å². The van der Waals surface area contributed by atoms with E-state index in [-0.39, 0.29) is 17.7 Å². The molecule has 1 aromatic rings. The van der Waals surface area contributed by atoms with Gasteiger partial charge in [0, 0.05) is 44.4 Å². The minimum Gasteiger partial charge on any atom is -0.377 e. The van der Waals surface area contributed by atoms with Crippen LogP contribution in [0.4, 0.5) is 4.79 Å². The quantitative estimate of drug-likeness (QED) is 0.847. The molecule has 2 amide bonds. The number of nitrogens with zero attached hydrogens (tertiary/aromatic N) is 2. The zero-order chi connectivity index (χ0) is 15.2. The highest BCUT2D eigenvalue weighted by Gasteiger charge is 2.19. The molecule has 1 unspecified atom stereocenters. The van der Waals surface area contributed by atoms with Gasteiger partial charge in [-0.1, -0.05) is 0 Å². The summed E-state index contributed by atoms with van der Waals surface area (Å²) in [6.07, 6.45) is 1.42. The molecule has 7 heteroatoms. The maximum atomic E-state index is 12.1. The van der Waals surface area contributed by atoms with E-state index in [2.05, 4.69) is 15.3 Å². The van der Waals surface area contributed by atoms with Gasteiger partial charge in [-0.3, -0.25) is 4.79 Å². The minimum absolute atomic E-state index is 0.0630. The first kappa shape index (κ1) is 15.5. The van der Waals surface area contributed by atoms with E-state index in [9.17, 15) is 9.59 Å². The number of hydrogen-bond acceptors (Lipinski definition) is 4. The summed E-state index contributed by atoms with van der Waals surface area (Å²) in [5.41, 5.74) is 0.515. The van der Waals surface area contributed by atoms with Crippen molar-refractivity contribution in [2.24, 2.45) is 0 Å². The van der Waals surface area contributed by atoms with Gasteiger partial charge in [0.1, 0.15) is 5.82 Å². The van der Waals surface area contributed by atoms with E-state index in [1.807, 2.05) is 6.92 Å². The van der Waals surface area contributed by atoms with Crippen molar-refractivity contribution < 1.29 is 9.53 Å². The van der Waals surface area contributed by atoms with E-state index in [0.717, 1.165) is 6.42 Å². The second kappa shape index (κ2) is 7.21. The average Bonchev–Trinajstić information content (AvgIpc) is 2.62. The Morgan fingerprint density at radius 2 is 2.43 bits per heavy atom. The molecule has 2 heterocycles. The van der Waals surface area contributed by atoms with Crippen LogP contribution in [-0.2, 0) is 11.2 Å². The van der Waals surface area contributed by atoms with Gasteiger partial charge in [0.05, 0.1) is 6.10 Å². The number of urea groups is 1. The molecule has 21 heavy (non-hydrogen) atoms. The molecule has 0 spiro atoms. The molecule has 116 valence electrons. The third-order valence-corrected chi connectivity index (χ3v) is 3.30. The Hall–Kier alpha value is -1.89. The van der Waals surface area contributed by atoms with Crippen LogP contribution in [0, 0.1) is 6.92 Å². The van der Waals surface area contributed by atoms with Crippen LogP contribution in [0.25, 0.3) is 0 Å². The first-order valence-corrected chi connectivity index (χ1v) is 7.26. The highest BCUT2D eigenvalue weighted by molar-refractivity contribution is 5.74. The normalized spacial score (nSPS) is 19.1. The number of H-pyrrole nitrogens is 1. The molecule has 1 atom stereocenters. The van der Waals surface area contributed by atoms with Gasteiger partial charge >= 0.3 is 6.03 Å². The van der Waals surface area contributed by atoms with E-state index >= 15 is 0 Å². The van der Waals surface area contributed by atoms with Crippen molar-refractivity contribution in [2.75, 3.05) is 26.2 Å². The lowest BCUT2D eigenvalue weighted by atomic mass is 10.3. The standard InChI is InChI=1S/C14H22N4O3/c1-10-8-13(19)17-12(16-10)4-5-15-14(20)18-6-3-7-21-11(2)9-18/h8,11H,3-7,9H2,1-2H3,(H,15,20)(H,16,17,19). The predicted octanol–water partition coefficient (Wildman–Crippen LogP) is 0.441. The van der Waals surface area contributed by atoms with E-state index < -0.39 is 0 Å². The first-order chi connectivity index (χ1) is 10.0. The molecule has 0 radical (unpaired) electrons. The molecule has 1 aliphatic rings. The number of carbonyl (C=O) groups is 1. The Bertz CT molecular complexity index is 543. The molecular formula is C14H22N4O3. The van der Waals surface area contributed by atoms with Gasteiger partial charge in [0.15, 0.2) is 0 Å². The predicted molar refractivity (Wildman–Crippen MR) is 78.3 cm³/mol. The number of ether oxygens (including phenoxy) is 1. The van der Waals surface area contributed by atoms with Gasteiger partial charge < -0.3 is 19.9 Å². The van der Waals surface area contributed by atoms with Crippen LogP contribution in [0.3, 0.4) is 0 Å². The number of aryl methyl sites for hydroxylation is 1. The molecule has 1 saturated heterocycles. The summed E-state index contributed by atoms with van der Waals surface area (Å²) in [4.78, 5) is 32.1. The van der Waals surface area contributed by atoms with Crippen molar-refractivity contribution in [3.63, 3.8) is 0 Å². The number of nitrogens with one attached hydrogen (secondary N) is 2. The number of amides is 2. The molecule has 0 aliphatic carbocycles. The highest BCUT2D eigenvalue weighted by atomic mass is 16.5. The van der Waals surface area contributed by atoms with E-state index in [0.29, 0.717) is 44.2 Å². The second-order valence-electron chi connectivity index (χ2n) is 5.30. The molecule has 0 saturated carbocycles. The third kappa shape index (κ3) is 4.86. The SMILES string of the molecule is Cc1cc(=O)[nH]c(CCNC(=O)N2CCCOC(C)C2)n1. The van der Waals surface area contributed by atoms with Crippen molar-refractivity contribution in [1.29, 1.82) is 0 Å². The van der Waals surface area contributed by atoms with Crippen LogP contribution < -0.4 is 10.9 Å². The fourth-order valence-corrected chi connectivity index (χ4v) is 2.34. The summed E-state index contributed by atoms with van der Waals surface area (Å²) in [6.45, 7) is 6.18. The summed E-state index contributed by atoms with van der Waals surface area (Å²) in [6, 6.07) is 1.35. The van der Waals surface area contributed by atoms with Gasteiger partial charge in [0.2, 0.25) is 0 Å². The summed E-state index contributed by atoms with van der Waals surface area (Å²) in [5, 5.41) is 2.86. The number of carbonyl (C=O) groups excluding carboxylic acids is 1. The van der Waals surface area contributed by atoms with Crippen LogP contribution in [0.1, 0.15) is 24.9 Å². The molecule has 1 fully saturated rings. The lowest BCUT2D eigenvalue weighted by Crippen LogP contribution is -2.43. The number of aromatic nitrogens is 2. The number of aromatic amines is 1. The average molecular weight is 294 g/mol. The summed E-state index contributed by atoms with van der Waals surface area (Å²) >= 11 is 0. The molecule has 1 aliphatic heterocycles. The van der Waals surface area contributed by atoms with Gasteiger partial charge in [-0.25, -0.2) is 9.78 Å². The fourth-order valence-electron chi connectivity index (χ4n) is 2.34.